The molecule has 2 saturated heterocycles. The molecular formula is C49H61F3N8O8S2. The quantitative estimate of drug-likeness (QED) is 0.0652. The summed E-state index contributed by atoms with van der Waals surface area (Å²) in [5, 5.41) is 21.9. The van der Waals surface area contributed by atoms with Crippen LogP contribution in [0.2, 0.25) is 0 Å². The number of ether oxygens (including phenoxy) is 2. The number of thiazole rings is 2. The molecule has 16 nitrogen and oxygen atoms in total. The number of halogens is 3. The summed E-state index contributed by atoms with van der Waals surface area (Å²) >= 11 is 2.82. The number of aromatic nitrogens is 2. The van der Waals surface area contributed by atoms with Gasteiger partial charge in [0.05, 0.1) is 41.1 Å². The standard InChI is InChI=1S/C49H61F3N8O8S2/c1-29-41(70-28-56-29)31-11-9-30(10-12-31)34(49(44(53)65)24-32(61)25-60(49)43(64)42(47(2,3)4)58-45(66)48(52)15-16-48)23-37(62)54-17-7-5-6-8-18-55-38(63)26-68-40-33(13-14-35(50)39(40)51)36-27-69-46(57-36)59-19-21-67-22-20-59/h9-14,27-28,32,34,42,61H,5-8,15-26H2,1-4H3,(H2,53,65)(H,54,62)(H,55,63)(H,58,66)/t32?,34-,42+,49?/m0/s1. The first-order valence-corrected chi connectivity index (χ1v) is 25.3. The fourth-order valence-electron chi connectivity index (χ4n) is 9.01. The van der Waals surface area contributed by atoms with Gasteiger partial charge in [-0.3, -0.25) is 24.0 Å². The van der Waals surface area contributed by atoms with Crippen LogP contribution in [0.3, 0.4) is 0 Å². The van der Waals surface area contributed by atoms with E-state index < -0.39 is 88.2 Å². The van der Waals surface area contributed by atoms with Crippen molar-refractivity contribution >= 4 is 57.3 Å². The Hall–Kier alpha value is -5.64. The van der Waals surface area contributed by atoms with E-state index >= 15 is 4.39 Å². The van der Waals surface area contributed by atoms with Crippen LogP contribution in [0, 0.1) is 24.0 Å². The second-order valence-electron chi connectivity index (χ2n) is 19.2. The Balaban J connectivity index is 0.947. The number of unbranched alkanes of at least 4 members (excludes halogenated alkanes) is 3. The molecule has 2 aromatic heterocycles. The van der Waals surface area contributed by atoms with Gasteiger partial charge in [-0.2, -0.15) is 4.39 Å². The second-order valence-corrected chi connectivity index (χ2v) is 20.9. The number of rotatable bonds is 21. The minimum Gasteiger partial charge on any atom is -0.480 e. The number of carbonyl (C=O) groups excluding carboxylic acids is 5. The van der Waals surface area contributed by atoms with Crippen molar-refractivity contribution in [2.24, 2.45) is 11.1 Å². The number of anilines is 1. The molecule has 0 bridgehead atoms. The van der Waals surface area contributed by atoms with E-state index in [-0.39, 0.29) is 50.9 Å². The first kappa shape index (κ1) is 52.2. The highest BCUT2D eigenvalue weighted by atomic mass is 32.1. The van der Waals surface area contributed by atoms with Crippen LogP contribution in [0.15, 0.2) is 47.3 Å². The van der Waals surface area contributed by atoms with E-state index in [2.05, 4.69) is 25.9 Å². The molecule has 6 N–H and O–H groups in total. The largest absolute Gasteiger partial charge is 0.480 e. The third kappa shape index (κ3) is 11.9. The van der Waals surface area contributed by atoms with Gasteiger partial charge in [0.2, 0.25) is 23.5 Å². The lowest BCUT2D eigenvalue weighted by atomic mass is 9.73. The van der Waals surface area contributed by atoms with Gasteiger partial charge in [0.25, 0.3) is 11.8 Å². The van der Waals surface area contributed by atoms with E-state index in [4.69, 9.17) is 15.2 Å². The van der Waals surface area contributed by atoms with Crippen LogP contribution in [0.5, 0.6) is 5.75 Å². The third-order valence-corrected chi connectivity index (χ3v) is 15.0. The lowest BCUT2D eigenvalue weighted by molar-refractivity contribution is -0.151. The number of aliphatic hydroxyl groups excluding tert-OH is 1. The molecule has 3 fully saturated rings. The smallest absolute Gasteiger partial charge is 0.258 e. The summed E-state index contributed by atoms with van der Waals surface area (Å²) < 4.78 is 55.2. The number of aliphatic hydroxyl groups is 1. The maximum atomic E-state index is 15.0. The monoisotopic (exact) mass is 1010 g/mol. The minimum absolute atomic E-state index is 0.0260. The van der Waals surface area contributed by atoms with Crippen molar-refractivity contribution in [2.75, 3.05) is 57.4 Å². The molecule has 4 aromatic rings. The van der Waals surface area contributed by atoms with Crippen molar-refractivity contribution in [1.29, 1.82) is 0 Å². The molecule has 2 aromatic carbocycles. The zero-order valence-corrected chi connectivity index (χ0v) is 41.4. The van der Waals surface area contributed by atoms with Gasteiger partial charge in [-0.15, -0.1) is 22.7 Å². The molecule has 0 radical (unpaired) electrons. The van der Waals surface area contributed by atoms with Gasteiger partial charge in [0, 0.05) is 62.4 Å². The number of nitrogens with zero attached hydrogens (tertiary/aromatic N) is 4. The van der Waals surface area contributed by atoms with Crippen molar-refractivity contribution in [3.63, 3.8) is 0 Å². The Morgan fingerprint density at radius 2 is 1.64 bits per heavy atom. The van der Waals surface area contributed by atoms with Crippen molar-refractivity contribution in [3.05, 3.63) is 70.2 Å². The Morgan fingerprint density at radius 1 is 0.971 bits per heavy atom. The zero-order valence-electron chi connectivity index (χ0n) is 39.8. The SMILES string of the molecule is Cc1ncsc1-c1ccc([C@H](CC(=O)NCCCCCCNC(=O)COc2c(-c3csc(N4CCOCC4)n3)ccc(F)c2F)C2(C(N)=O)CC(O)CN2C(=O)[C@@H](NC(=O)C2(F)CC2)C(C)(C)C)cc1. The maximum absolute atomic E-state index is 15.0. The number of morpholine rings is 1. The van der Waals surface area contributed by atoms with Crippen LogP contribution in [0.25, 0.3) is 21.7 Å². The van der Waals surface area contributed by atoms with Crippen LogP contribution >= 0.6 is 22.7 Å². The van der Waals surface area contributed by atoms with Crippen LogP contribution in [-0.2, 0) is 28.7 Å². The van der Waals surface area contributed by atoms with E-state index in [0.717, 1.165) is 22.2 Å². The lowest BCUT2D eigenvalue weighted by Gasteiger charge is -2.44. The number of β-amino-alcohol motifs (C(OH)–C–C–N with tert-alkyl or cyclic N) is 1. The number of likely N-dealkylation sites (tertiary alicyclic amines) is 1. The van der Waals surface area contributed by atoms with Gasteiger partial charge in [-0.1, -0.05) is 57.9 Å². The molecule has 5 amide bonds. The predicted octanol–water partition coefficient (Wildman–Crippen LogP) is 5.55. The molecule has 2 aliphatic heterocycles. The fourth-order valence-corrected chi connectivity index (χ4v) is 10.7. The van der Waals surface area contributed by atoms with Gasteiger partial charge >= 0.3 is 0 Å². The number of benzene rings is 2. The van der Waals surface area contributed by atoms with E-state index in [1.807, 2.05) is 24.0 Å². The van der Waals surface area contributed by atoms with Gasteiger partial charge in [0.1, 0.15) is 11.6 Å². The summed E-state index contributed by atoms with van der Waals surface area (Å²) in [6.45, 7) is 9.10. The molecule has 1 saturated carbocycles. The first-order chi connectivity index (χ1) is 33.3. The van der Waals surface area contributed by atoms with Crippen molar-refractivity contribution in [1.82, 2.24) is 30.8 Å². The summed E-state index contributed by atoms with van der Waals surface area (Å²) in [7, 11) is 0. The minimum atomic E-state index is -2.09. The molecule has 0 spiro atoms. The average Bonchev–Trinajstić information content (AvgIpc) is 3.61. The molecule has 3 aliphatic rings. The Labute approximate surface area is 412 Å². The highest BCUT2D eigenvalue weighted by molar-refractivity contribution is 7.14. The summed E-state index contributed by atoms with van der Waals surface area (Å²) in [5.74, 6) is -7.35. The number of nitrogens with two attached hydrogens (primary N) is 1. The maximum Gasteiger partial charge on any atom is 0.258 e. The molecule has 4 heterocycles. The summed E-state index contributed by atoms with van der Waals surface area (Å²) in [6, 6.07) is 8.26. The normalized spacial score (nSPS) is 19.6. The first-order valence-electron chi connectivity index (χ1n) is 23.5. The number of aryl methyl sites for hydroxylation is 1. The lowest BCUT2D eigenvalue weighted by Crippen LogP contribution is -2.65. The Bertz CT molecular complexity index is 2530. The number of alkyl halides is 1. The van der Waals surface area contributed by atoms with Crippen LogP contribution in [0.1, 0.15) is 89.3 Å². The topological polar surface area (TPSA) is 218 Å². The number of nitrogens with one attached hydrogen (secondary N) is 3. The number of amides is 5. The van der Waals surface area contributed by atoms with Gasteiger partial charge in [0.15, 0.2) is 29.0 Å². The zero-order chi connectivity index (χ0) is 50.4. The van der Waals surface area contributed by atoms with Gasteiger partial charge in [-0.05, 0) is 61.3 Å². The van der Waals surface area contributed by atoms with Gasteiger partial charge in [-0.25, -0.2) is 18.7 Å². The number of hydrogen-bond donors (Lipinski definition) is 5. The van der Waals surface area contributed by atoms with E-state index in [0.29, 0.717) is 68.4 Å². The number of carbonyl (C=O) groups is 5. The second kappa shape index (κ2) is 22.2. The average molecular weight is 1010 g/mol. The van der Waals surface area contributed by atoms with Gasteiger partial charge < -0.3 is 46.1 Å². The highest BCUT2D eigenvalue weighted by Crippen LogP contribution is 2.46. The summed E-state index contributed by atoms with van der Waals surface area (Å²) in [5.41, 5.74) is 5.83. The highest BCUT2D eigenvalue weighted by Gasteiger charge is 2.60. The molecule has 4 atom stereocenters. The molecule has 1 aliphatic carbocycles. The van der Waals surface area contributed by atoms with E-state index in [1.54, 1.807) is 43.8 Å². The molecule has 2 unspecified atom stereocenters. The summed E-state index contributed by atoms with van der Waals surface area (Å²) in [4.78, 5) is 81.4. The summed E-state index contributed by atoms with van der Waals surface area (Å²) in [6.07, 6.45) is 0.757. The van der Waals surface area contributed by atoms with Crippen LogP contribution in [0.4, 0.5) is 18.3 Å². The molecular weight excluding hydrogens is 950 g/mol. The molecule has 7 rings (SSSR count). The Kier molecular flexibility index (Phi) is 16.5. The van der Waals surface area contributed by atoms with Crippen molar-refractivity contribution < 1.29 is 51.7 Å². The molecule has 21 heteroatoms. The van der Waals surface area contributed by atoms with Crippen molar-refractivity contribution in [2.45, 2.75) is 108 Å². The fraction of sp³-hybridized carbons (Fsp3) is 0.531. The number of hydrogen-bond acceptors (Lipinski definition) is 13. The third-order valence-electron chi connectivity index (χ3n) is 13.1. The molecule has 378 valence electrons. The number of primary amides is 1. The predicted molar refractivity (Wildman–Crippen MR) is 259 cm³/mol. The van der Waals surface area contributed by atoms with Crippen LogP contribution in [-0.4, -0.2) is 125 Å². The van der Waals surface area contributed by atoms with Crippen LogP contribution < -0.4 is 31.3 Å². The Morgan fingerprint density at radius 3 is 2.26 bits per heavy atom. The van der Waals surface area contributed by atoms with E-state index in [9.17, 15) is 37.9 Å². The van der Waals surface area contributed by atoms with Crippen molar-refractivity contribution in [3.8, 4) is 27.4 Å². The molecule has 70 heavy (non-hydrogen) atoms. The van der Waals surface area contributed by atoms with E-state index in [1.165, 1.54) is 33.6 Å².